The molecule has 3 rings (SSSR count). The highest BCUT2D eigenvalue weighted by molar-refractivity contribution is 5.15. The Labute approximate surface area is 96.0 Å². The highest BCUT2D eigenvalue weighted by Gasteiger charge is 2.36. The molecule has 2 unspecified atom stereocenters. The summed E-state index contributed by atoms with van der Waals surface area (Å²) in [6.07, 6.45) is 0.289. The number of hydrogen-bond donors (Lipinski definition) is 0. The van der Waals surface area contributed by atoms with Crippen molar-refractivity contribution in [2.24, 2.45) is 0 Å². The van der Waals surface area contributed by atoms with E-state index in [1.54, 1.807) is 0 Å². The molecular weight excluding hydrogens is 202 g/mol. The maximum absolute atomic E-state index is 5.70. The monoisotopic (exact) mass is 219 g/mol. The summed E-state index contributed by atoms with van der Waals surface area (Å²) in [5.41, 5.74) is 1.37. The molecule has 0 spiro atoms. The molecule has 86 valence electrons. The van der Waals surface area contributed by atoms with Gasteiger partial charge in [0.05, 0.1) is 32.0 Å². The van der Waals surface area contributed by atoms with Crippen LogP contribution in [0.3, 0.4) is 0 Å². The molecule has 3 nitrogen and oxygen atoms in total. The second kappa shape index (κ2) is 4.53. The lowest BCUT2D eigenvalue weighted by atomic mass is 10.1. The fourth-order valence-corrected chi connectivity index (χ4v) is 2.52. The number of rotatable bonds is 2. The predicted molar refractivity (Wildman–Crippen MR) is 61.2 cm³/mol. The summed E-state index contributed by atoms with van der Waals surface area (Å²) in [5.74, 6) is 0. The highest BCUT2D eigenvalue weighted by atomic mass is 16.6. The van der Waals surface area contributed by atoms with E-state index < -0.39 is 0 Å². The first-order valence-electron chi connectivity index (χ1n) is 5.91. The van der Waals surface area contributed by atoms with Crippen LogP contribution in [0.2, 0.25) is 0 Å². The Hall–Kier alpha value is -0.900. The van der Waals surface area contributed by atoms with Gasteiger partial charge in [0, 0.05) is 13.1 Å². The first-order valence-corrected chi connectivity index (χ1v) is 5.91. The van der Waals surface area contributed by atoms with Crippen molar-refractivity contribution < 1.29 is 9.47 Å². The molecule has 2 heterocycles. The van der Waals surface area contributed by atoms with Gasteiger partial charge in [0.25, 0.3) is 0 Å². The molecule has 3 heteroatoms. The molecule has 16 heavy (non-hydrogen) atoms. The van der Waals surface area contributed by atoms with E-state index in [1.807, 2.05) is 0 Å². The standard InChI is InChI=1S/C13H17NO2/c1-2-4-11(5-3-1)8-14-6-7-16-13-10-15-9-12(13)14/h1-5,12-13H,6-10H2. The van der Waals surface area contributed by atoms with Gasteiger partial charge >= 0.3 is 0 Å². The Kier molecular flexibility index (Phi) is 2.91. The molecule has 0 N–H and O–H groups in total. The smallest absolute Gasteiger partial charge is 0.0986 e. The van der Waals surface area contributed by atoms with E-state index in [-0.39, 0.29) is 6.10 Å². The lowest BCUT2D eigenvalue weighted by Crippen LogP contribution is -2.50. The zero-order chi connectivity index (χ0) is 10.8. The molecule has 2 aliphatic rings. The summed E-state index contributed by atoms with van der Waals surface area (Å²) < 4.78 is 11.2. The summed E-state index contributed by atoms with van der Waals surface area (Å²) in [5, 5.41) is 0. The Balaban J connectivity index is 1.70. The molecule has 0 aromatic heterocycles. The normalized spacial score (nSPS) is 30.2. The van der Waals surface area contributed by atoms with Crippen molar-refractivity contribution in [1.82, 2.24) is 4.90 Å². The van der Waals surface area contributed by atoms with Gasteiger partial charge in [0.2, 0.25) is 0 Å². The van der Waals surface area contributed by atoms with Crippen LogP contribution in [0.15, 0.2) is 30.3 Å². The van der Waals surface area contributed by atoms with Crippen molar-refractivity contribution in [3.63, 3.8) is 0 Å². The van der Waals surface area contributed by atoms with Crippen molar-refractivity contribution >= 4 is 0 Å². The molecule has 0 bridgehead atoms. The van der Waals surface area contributed by atoms with Gasteiger partial charge in [-0.2, -0.15) is 0 Å². The van der Waals surface area contributed by atoms with Gasteiger partial charge in [-0.15, -0.1) is 0 Å². The van der Waals surface area contributed by atoms with Crippen LogP contribution in [-0.4, -0.2) is 43.4 Å². The first-order chi connectivity index (χ1) is 7.93. The van der Waals surface area contributed by atoms with E-state index in [9.17, 15) is 0 Å². The Morgan fingerprint density at radius 3 is 2.94 bits per heavy atom. The minimum atomic E-state index is 0.289. The Bertz CT molecular complexity index is 341. The van der Waals surface area contributed by atoms with Crippen LogP contribution in [0.4, 0.5) is 0 Å². The molecule has 1 aromatic rings. The van der Waals surface area contributed by atoms with E-state index in [0.29, 0.717) is 6.04 Å². The summed E-state index contributed by atoms with van der Waals surface area (Å²) in [6, 6.07) is 11.1. The van der Waals surface area contributed by atoms with Crippen LogP contribution in [0.25, 0.3) is 0 Å². The van der Waals surface area contributed by atoms with Crippen LogP contribution in [0.5, 0.6) is 0 Å². The van der Waals surface area contributed by atoms with Crippen LogP contribution in [0, 0.1) is 0 Å². The summed E-state index contributed by atoms with van der Waals surface area (Å²) in [7, 11) is 0. The molecule has 0 amide bonds. The van der Waals surface area contributed by atoms with Gasteiger partial charge in [-0.05, 0) is 5.56 Å². The van der Waals surface area contributed by atoms with Crippen molar-refractivity contribution in [2.45, 2.75) is 18.7 Å². The minimum absolute atomic E-state index is 0.289. The largest absolute Gasteiger partial charge is 0.377 e. The zero-order valence-electron chi connectivity index (χ0n) is 9.34. The van der Waals surface area contributed by atoms with Crippen LogP contribution in [0.1, 0.15) is 5.56 Å². The number of ether oxygens (including phenoxy) is 2. The molecule has 2 fully saturated rings. The van der Waals surface area contributed by atoms with Gasteiger partial charge < -0.3 is 9.47 Å². The second-order valence-corrected chi connectivity index (χ2v) is 4.47. The third-order valence-corrected chi connectivity index (χ3v) is 3.41. The fourth-order valence-electron chi connectivity index (χ4n) is 2.52. The summed E-state index contributed by atoms with van der Waals surface area (Å²) >= 11 is 0. The fraction of sp³-hybridized carbons (Fsp3) is 0.538. The van der Waals surface area contributed by atoms with Crippen LogP contribution < -0.4 is 0 Å². The van der Waals surface area contributed by atoms with E-state index in [2.05, 4.69) is 35.2 Å². The first kappa shape index (κ1) is 10.3. The van der Waals surface area contributed by atoms with Crippen molar-refractivity contribution in [3.05, 3.63) is 35.9 Å². The lowest BCUT2D eigenvalue weighted by Gasteiger charge is -2.36. The highest BCUT2D eigenvalue weighted by Crippen LogP contribution is 2.22. The van der Waals surface area contributed by atoms with Gasteiger partial charge in [-0.1, -0.05) is 30.3 Å². The average Bonchev–Trinajstić information content (AvgIpc) is 2.80. The van der Waals surface area contributed by atoms with Crippen molar-refractivity contribution in [2.75, 3.05) is 26.4 Å². The topological polar surface area (TPSA) is 21.7 Å². The van der Waals surface area contributed by atoms with Gasteiger partial charge in [-0.3, -0.25) is 4.90 Å². The van der Waals surface area contributed by atoms with Gasteiger partial charge in [-0.25, -0.2) is 0 Å². The quantitative estimate of drug-likeness (QED) is 0.748. The molecule has 0 aliphatic carbocycles. The third-order valence-electron chi connectivity index (χ3n) is 3.41. The lowest BCUT2D eigenvalue weighted by molar-refractivity contribution is -0.0511. The molecule has 2 saturated heterocycles. The van der Waals surface area contributed by atoms with E-state index in [1.165, 1.54) is 5.56 Å². The number of benzene rings is 1. The number of fused-ring (bicyclic) bond motifs is 1. The van der Waals surface area contributed by atoms with Crippen LogP contribution in [-0.2, 0) is 16.0 Å². The summed E-state index contributed by atoms with van der Waals surface area (Å²) in [6.45, 7) is 4.43. The predicted octanol–water partition coefficient (Wildman–Crippen LogP) is 1.29. The molecular formula is C13H17NO2. The van der Waals surface area contributed by atoms with E-state index in [4.69, 9.17) is 9.47 Å². The van der Waals surface area contributed by atoms with Crippen molar-refractivity contribution in [3.8, 4) is 0 Å². The molecule has 1 aromatic carbocycles. The average molecular weight is 219 g/mol. The molecule has 0 saturated carbocycles. The molecule has 2 aliphatic heterocycles. The van der Waals surface area contributed by atoms with Gasteiger partial charge in [0.15, 0.2) is 0 Å². The Morgan fingerprint density at radius 2 is 2.06 bits per heavy atom. The number of nitrogens with zero attached hydrogens (tertiary/aromatic N) is 1. The number of morpholine rings is 1. The molecule has 2 atom stereocenters. The van der Waals surface area contributed by atoms with Crippen molar-refractivity contribution in [1.29, 1.82) is 0 Å². The maximum atomic E-state index is 5.70. The maximum Gasteiger partial charge on any atom is 0.0986 e. The number of hydrogen-bond acceptors (Lipinski definition) is 3. The van der Waals surface area contributed by atoms with Gasteiger partial charge in [0.1, 0.15) is 0 Å². The van der Waals surface area contributed by atoms with E-state index >= 15 is 0 Å². The minimum Gasteiger partial charge on any atom is -0.377 e. The second-order valence-electron chi connectivity index (χ2n) is 4.47. The third kappa shape index (κ3) is 1.98. The SMILES string of the molecule is c1ccc(CN2CCOC3COCC32)cc1. The zero-order valence-corrected chi connectivity index (χ0v) is 9.34. The summed E-state index contributed by atoms with van der Waals surface area (Å²) in [4.78, 5) is 2.48. The molecule has 0 radical (unpaired) electrons. The Morgan fingerprint density at radius 1 is 1.19 bits per heavy atom. The van der Waals surface area contributed by atoms with E-state index in [0.717, 1.165) is 32.9 Å². The van der Waals surface area contributed by atoms with Crippen LogP contribution >= 0.6 is 0 Å².